The summed E-state index contributed by atoms with van der Waals surface area (Å²) in [7, 11) is 1.76. The number of hydrogen-bond donors (Lipinski definition) is 0. The zero-order valence-electron chi connectivity index (χ0n) is 31.8. The Kier molecular flexibility index (Phi) is 9.46. The van der Waals surface area contributed by atoms with Gasteiger partial charge in [0.15, 0.2) is 0 Å². The van der Waals surface area contributed by atoms with E-state index in [1.54, 1.807) is 12.0 Å². The highest BCUT2D eigenvalue weighted by Crippen LogP contribution is 2.58. The van der Waals surface area contributed by atoms with Crippen LogP contribution in [0.3, 0.4) is 0 Å². The fraction of sp³-hybridized carbons (Fsp3) is 0.619. The van der Waals surface area contributed by atoms with E-state index in [-0.39, 0.29) is 40.4 Å². The monoisotopic (exact) mass is 695 g/mol. The summed E-state index contributed by atoms with van der Waals surface area (Å²) in [6.45, 7) is 15.1. The molecule has 0 atom stereocenters. The third-order valence-corrected chi connectivity index (χ3v) is 12.7. The Morgan fingerprint density at radius 3 is 2.16 bits per heavy atom. The molecule has 274 valence electrons. The van der Waals surface area contributed by atoms with E-state index in [0.29, 0.717) is 38.1 Å². The molecule has 3 heterocycles. The minimum atomic E-state index is -0.204. The largest absolute Gasteiger partial charge is 0.496 e. The molecule has 0 spiro atoms. The number of anilines is 1. The van der Waals surface area contributed by atoms with E-state index in [1.165, 1.54) is 16.7 Å². The van der Waals surface area contributed by atoms with Gasteiger partial charge in [0.25, 0.3) is 0 Å². The Balaban J connectivity index is 1.11. The number of aryl methyl sites for hydroxylation is 2. The van der Waals surface area contributed by atoms with E-state index in [0.717, 1.165) is 74.3 Å². The van der Waals surface area contributed by atoms with Gasteiger partial charge in [-0.3, -0.25) is 14.4 Å². The Labute approximate surface area is 304 Å². The smallest absolute Gasteiger partial charge is 0.410 e. The van der Waals surface area contributed by atoms with Crippen LogP contribution in [-0.2, 0) is 20.5 Å². The lowest BCUT2D eigenvalue weighted by molar-refractivity contribution is -0.124. The number of fused-ring (bicyclic) bond motifs is 3. The summed E-state index contributed by atoms with van der Waals surface area (Å²) >= 11 is 0. The van der Waals surface area contributed by atoms with Crippen LogP contribution in [0.25, 0.3) is 11.1 Å². The Morgan fingerprint density at radius 2 is 1.59 bits per heavy atom. The number of rotatable bonds is 8. The maximum Gasteiger partial charge on any atom is 0.410 e. The third kappa shape index (κ3) is 7.02. The highest BCUT2D eigenvalue weighted by atomic mass is 16.6. The van der Waals surface area contributed by atoms with E-state index in [2.05, 4.69) is 71.0 Å². The predicted octanol–water partition coefficient (Wildman–Crippen LogP) is 8.60. The topological polar surface area (TPSA) is 89.8 Å². The Morgan fingerprint density at radius 1 is 0.941 bits per heavy atom. The molecule has 1 saturated heterocycles. The van der Waals surface area contributed by atoms with Crippen molar-refractivity contribution in [2.45, 2.75) is 123 Å². The predicted molar refractivity (Wildman–Crippen MR) is 200 cm³/mol. The van der Waals surface area contributed by atoms with Gasteiger partial charge in [0.2, 0.25) is 5.91 Å². The molecule has 8 rings (SSSR count). The van der Waals surface area contributed by atoms with Crippen molar-refractivity contribution in [1.82, 2.24) is 19.7 Å². The maximum atomic E-state index is 14.7. The molecule has 0 N–H and O–H groups in total. The number of carbonyl (C=O) groups is 2. The highest BCUT2D eigenvalue weighted by Gasteiger charge is 2.51. The first-order chi connectivity index (χ1) is 24.3. The highest BCUT2D eigenvalue weighted by molar-refractivity contribution is 5.95. The molecule has 4 aliphatic carbocycles. The van der Waals surface area contributed by atoms with E-state index in [9.17, 15) is 9.59 Å². The van der Waals surface area contributed by atoms with Crippen LogP contribution in [0, 0.1) is 31.1 Å². The van der Waals surface area contributed by atoms with Crippen LogP contribution in [0.15, 0.2) is 42.9 Å². The first-order valence-electron chi connectivity index (χ1n) is 19.2. The molecule has 5 aliphatic rings. The van der Waals surface area contributed by atoms with Crippen LogP contribution in [0.1, 0.15) is 109 Å². The number of methoxy groups -OCH3 is 1. The van der Waals surface area contributed by atoms with Crippen LogP contribution in [0.5, 0.6) is 5.75 Å². The number of carbonyl (C=O) groups excluding carboxylic acids is 2. The number of pyridine rings is 1. The molecule has 0 unspecified atom stereocenters. The van der Waals surface area contributed by atoms with Crippen LogP contribution in [-0.4, -0.2) is 64.5 Å². The van der Waals surface area contributed by atoms with Gasteiger partial charge in [-0.2, -0.15) is 5.10 Å². The summed E-state index contributed by atoms with van der Waals surface area (Å²) in [5, 5.41) is 4.64. The molecule has 0 radical (unpaired) electrons. The van der Waals surface area contributed by atoms with Crippen molar-refractivity contribution in [3.8, 4) is 16.9 Å². The van der Waals surface area contributed by atoms with E-state index in [1.807, 2.05) is 28.0 Å². The van der Waals surface area contributed by atoms with E-state index < -0.39 is 0 Å². The SMILES string of the molecule is COc1c(C)cc(C23CCC(CN(c4cc(-c5cnn(C(C)(C)C)c5)ccn4)C(=O)[C@H]4CC[C@H](OC(=O)N5CC(C)C5)CC4)(CC2)CC3)cc1C. The second-order valence-electron chi connectivity index (χ2n) is 17.5. The molecule has 5 fully saturated rings. The normalized spacial score (nSPS) is 26.5. The number of amides is 2. The number of aromatic nitrogens is 3. The summed E-state index contributed by atoms with van der Waals surface area (Å²) in [4.78, 5) is 36.0. The molecule has 2 bridgehead atoms. The molecule has 9 heteroatoms. The lowest BCUT2D eigenvalue weighted by Crippen LogP contribution is -2.52. The molecule has 3 aromatic rings. The summed E-state index contributed by atoms with van der Waals surface area (Å²) in [5.74, 6) is 2.29. The molecule has 1 aromatic carbocycles. The van der Waals surface area contributed by atoms with Crippen molar-refractivity contribution in [2.75, 3.05) is 31.6 Å². The van der Waals surface area contributed by atoms with Crippen molar-refractivity contribution in [3.63, 3.8) is 0 Å². The van der Waals surface area contributed by atoms with Crippen molar-refractivity contribution < 1.29 is 19.1 Å². The van der Waals surface area contributed by atoms with Crippen LogP contribution < -0.4 is 9.64 Å². The van der Waals surface area contributed by atoms with Crippen molar-refractivity contribution in [3.05, 3.63) is 59.5 Å². The Bertz CT molecular complexity index is 1710. The van der Waals surface area contributed by atoms with E-state index >= 15 is 0 Å². The number of ether oxygens (including phenoxy) is 2. The number of nitrogens with zero attached hydrogens (tertiary/aromatic N) is 5. The molecule has 51 heavy (non-hydrogen) atoms. The first-order valence-corrected chi connectivity index (χ1v) is 19.2. The maximum absolute atomic E-state index is 14.7. The third-order valence-electron chi connectivity index (χ3n) is 12.7. The zero-order chi connectivity index (χ0) is 36.1. The van der Waals surface area contributed by atoms with Crippen molar-refractivity contribution >= 4 is 17.8 Å². The molecular weight excluding hydrogens is 638 g/mol. The minimum Gasteiger partial charge on any atom is -0.496 e. The van der Waals surface area contributed by atoms with E-state index in [4.69, 9.17) is 14.5 Å². The lowest BCUT2D eigenvalue weighted by Gasteiger charge is -2.55. The summed E-state index contributed by atoms with van der Waals surface area (Å²) in [6.07, 6.45) is 15.0. The summed E-state index contributed by atoms with van der Waals surface area (Å²) < 4.78 is 13.6. The van der Waals surface area contributed by atoms with Gasteiger partial charge < -0.3 is 14.4 Å². The molecule has 1 aliphatic heterocycles. The van der Waals surface area contributed by atoms with Gasteiger partial charge >= 0.3 is 6.09 Å². The van der Waals surface area contributed by atoms with Gasteiger partial charge in [-0.15, -0.1) is 0 Å². The second-order valence-corrected chi connectivity index (χ2v) is 17.5. The van der Waals surface area contributed by atoms with Crippen LogP contribution >= 0.6 is 0 Å². The zero-order valence-corrected chi connectivity index (χ0v) is 31.8. The van der Waals surface area contributed by atoms with Crippen LogP contribution in [0.2, 0.25) is 0 Å². The van der Waals surface area contributed by atoms with Crippen molar-refractivity contribution in [2.24, 2.45) is 17.3 Å². The molecule has 9 nitrogen and oxygen atoms in total. The quantitative estimate of drug-likeness (QED) is 0.235. The number of likely N-dealkylation sites (tertiary alicyclic amines) is 1. The van der Waals surface area contributed by atoms with Crippen LogP contribution in [0.4, 0.5) is 10.6 Å². The molecule has 4 saturated carbocycles. The Hall–Kier alpha value is -3.88. The lowest BCUT2D eigenvalue weighted by atomic mass is 9.51. The first kappa shape index (κ1) is 35.5. The van der Waals surface area contributed by atoms with Gasteiger partial charge in [0, 0.05) is 43.5 Å². The van der Waals surface area contributed by atoms with Gasteiger partial charge in [0.05, 0.1) is 18.8 Å². The fourth-order valence-electron chi connectivity index (χ4n) is 9.42. The average molecular weight is 696 g/mol. The second kappa shape index (κ2) is 13.6. The standard InChI is InChI=1S/C42H57N5O4/c1-28-24-45(25-28)39(49)51-35-10-8-31(9-11-35)38(48)46(36-22-32(12-19-43-36)33-23-44-47(26-33)40(4,5)6)27-41-13-16-42(17-14-41,18-15-41)34-20-29(2)37(50-7)30(3)21-34/h12,19-23,26,28,31,35H,8-11,13-18,24-25,27H2,1-7H3/t31-,35-,41?,42?. The molecule has 2 amide bonds. The van der Waals surface area contributed by atoms with Gasteiger partial charge in [-0.1, -0.05) is 19.1 Å². The van der Waals surface area contributed by atoms with Gasteiger partial charge in [-0.25, -0.2) is 9.78 Å². The number of benzene rings is 1. The molecule has 2 aromatic heterocycles. The van der Waals surface area contributed by atoms with Gasteiger partial charge in [0.1, 0.15) is 17.7 Å². The summed E-state index contributed by atoms with van der Waals surface area (Å²) in [6, 6.07) is 8.81. The summed E-state index contributed by atoms with van der Waals surface area (Å²) in [5.41, 5.74) is 6.01. The average Bonchev–Trinajstić information content (AvgIpc) is 3.62. The fourth-order valence-corrected chi connectivity index (χ4v) is 9.42. The molecular formula is C42H57N5O4. The number of hydrogen-bond acceptors (Lipinski definition) is 6. The van der Waals surface area contributed by atoms with Gasteiger partial charge in [-0.05, 0) is 150 Å². The minimum absolute atomic E-state index is 0.0594. The van der Waals surface area contributed by atoms with Crippen molar-refractivity contribution in [1.29, 1.82) is 0 Å².